The Morgan fingerprint density at radius 2 is 2.00 bits per heavy atom. The molecule has 108 valence electrons. The van der Waals surface area contributed by atoms with Gasteiger partial charge in [0.2, 0.25) is 10.0 Å². The van der Waals surface area contributed by atoms with Crippen LogP contribution in [0.25, 0.3) is 0 Å². The van der Waals surface area contributed by atoms with Crippen LogP contribution < -0.4 is 5.73 Å². The minimum absolute atomic E-state index is 0.276. The highest BCUT2D eigenvalue weighted by molar-refractivity contribution is 7.89. The molecule has 1 rings (SSSR count). The molecule has 0 aliphatic heterocycles. The number of sulfonamides is 1. The lowest BCUT2D eigenvalue weighted by molar-refractivity contribution is 0.135. The fraction of sp³-hybridized carbons (Fsp3) is 0.538. The van der Waals surface area contributed by atoms with Gasteiger partial charge in [-0.2, -0.15) is 4.31 Å². The van der Waals surface area contributed by atoms with Gasteiger partial charge in [0.15, 0.2) is 0 Å². The van der Waals surface area contributed by atoms with E-state index in [0.29, 0.717) is 32.0 Å². The van der Waals surface area contributed by atoms with Gasteiger partial charge in [0.1, 0.15) is 0 Å². The number of nitrogen functional groups attached to an aromatic ring is 1. The molecule has 0 aliphatic rings. The van der Waals surface area contributed by atoms with E-state index < -0.39 is 10.0 Å². The number of benzene rings is 1. The topological polar surface area (TPSA) is 72.6 Å². The van der Waals surface area contributed by atoms with Gasteiger partial charge in [-0.1, -0.05) is 6.92 Å². The molecule has 0 heterocycles. The number of anilines is 1. The van der Waals surface area contributed by atoms with Crippen LogP contribution in [-0.4, -0.2) is 39.0 Å². The van der Waals surface area contributed by atoms with Crippen LogP contribution in [0, 0.1) is 6.92 Å². The summed E-state index contributed by atoms with van der Waals surface area (Å²) in [7, 11) is -3.47. The van der Waals surface area contributed by atoms with Crippen LogP contribution in [0.5, 0.6) is 0 Å². The van der Waals surface area contributed by atoms with E-state index in [1.165, 1.54) is 4.31 Å². The van der Waals surface area contributed by atoms with Crippen LogP contribution in [-0.2, 0) is 14.8 Å². The van der Waals surface area contributed by atoms with Crippen molar-refractivity contribution in [2.24, 2.45) is 0 Å². The highest BCUT2D eigenvalue weighted by Crippen LogP contribution is 2.20. The SMILES string of the molecule is CCOCCN(CC)S(=O)(=O)c1ccc(N)c(C)c1. The Morgan fingerprint density at radius 1 is 1.32 bits per heavy atom. The minimum atomic E-state index is -3.47. The van der Waals surface area contributed by atoms with Crippen LogP contribution in [0.15, 0.2) is 23.1 Å². The van der Waals surface area contributed by atoms with Gasteiger partial charge in [-0.3, -0.25) is 0 Å². The molecule has 0 atom stereocenters. The van der Waals surface area contributed by atoms with Crippen molar-refractivity contribution >= 4 is 15.7 Å². The zero-order valence-corrected chi connectivity index (χ0v) is 12.5. The van der Waals surface area contributed by atoms with Gasteiger partial charge in [0.25, 0.3) is 0 Å². The smallest absolute Gasteiger partial charge is 0.243 e. The summed E-state index contributed by atoms with van der Waals surface area (Å²) < 4.78 is 31.5. The van der Waals surface area contributed by atoms with E-state index in [1.807, 2.05) is 13.8 Å². The normalized spacial score (nSPS) is 12.0. The summed E-state index contributed by atoms with van der Waals surface area (Å²) in [6.07, 6.45) is 0. The Hall–Kier alpha value is -1.11. The molecule has 0 saturated carbocycles. The number of hydrogen-bond donors (Lipinski definition) is 1. The molecule has 0 spiro atoms. The van der Waals surface area contributed by atoms with E-state index in [4.69, 9.17) is 10.5 Å². The predicted octanol–water partition coefficient (Wildman–Crippen LogP) is 1.62. The van der Waals surface area contributed by atoms with Crippen molar-refractivity contribution in [3.05, 3.63) is 23.8 Å². The molecule has 0 aliphatic carbocycles. The van der Waals surface area contributed by atoms with E-state index >= 15 is 0 Å². The van der Waals surface area contributed by atoms with Crippen LogP contribution in [0.3, 0.4) is 0 Å². The lowest BCUT2D eigenvalue weighted by atomic mass is 10.2. The molecule has 0 fully saturated rings. The van der Waals surface area contributed by atoms with Crippen molar-refractivity contribution in [2.45, 2.75) is 25.7 Å². The van der Waals surface area contributed by atoms with Gasteiger partial charge in [-0.05, 0) is 37.6 Å². The zero-order valence-electron chi connectivity index (χ0n) is 11.7. The lowest BCUT2D eigenvalue weighted by Gasteiger charge is -2.20. The summed E-state index contributed by atoms with van der Waals surface area (Å²) in [5.74, 6) is 0. The Labute approximate surface area is 115 Å². The first-order valence-corrected chi connectivity index (χ1v) is 7.81. The Morgan fingerprint density at radius 3 is 2.53 bits per heavy atom. The quantitative estimate of drug-likeness (QED) is 0.611. The highest BCUT2D eigenvalue weighted by Gasteiger charge is 2.23. The number of nitrogens with zero attached hydrogens (tertiary/aromatic N) is 1. The Kier molecular flexibility index (Phi) is 5.78. The van der Waals surface area contributed by atoms with E-state index in [2.05, 4.69) is 0 Å². The van der Waals surface area contributed by atoms with Crippen LogP contribution in [0.1, 0.15) is 19.4 Å². The molecular formula is C13H22N2O3S. The van der Waals surface area contributed by atoms with Crippen LogP contribution >= 0.6 is 0 Å². The van der Waals surface area contributed by atoms with Gasteiger partial charge in [0, 0.05) is 25.4 Å². The standard InChI is InChI=1S/C13H22N2O3S/c1-4-15(8-9-18-5-2)19(16,17)12-6-7-13(14)11(3)10-12/h6-7,10H,4-5,8-9,14H2,1-3H3. The molecule has 5 nitrogen and oxygen atoms in total. The highest BCUT2D eigenvalue weighted by atomic mass is 32.2. The number of rotatable bonds is 7. The summed E-state index contributed by atoms with van der Waals surface area (Å²) >= 11 is 0. The van der Waals surface area contributed by atoms with Gasteiger partial charge in [-0.25, -0.2) is 8.42 Å². The molecule has 2 N–H and O–H groups in total. The zero-order chi connectivity index (χ0) is 14.5. The molecule has 1 aromatic rings. The molecular weight excluding hydrogens is 264 g/mol. The largest absolute Gasteiger partial charge is 0.399 e. The van der Waals surface area contributed by atoms with E-state index in [0.717, 1.165) is 5.56 Å². The number of aryl methyl sites for hydroxylation is 1. The van der Waals surface area contributed by atoms with Crippen molar-refractivity contribution in [2.75, 3.05) is 32.0 Å². The van der Waals surface area contributed by atoms with Crippen molar-refractivity contribution in [3.8, 4) is 0 Å². The van der Waals surface area contributed by atoms with Crippen molar-refractivity contribution in [3.63, 3.8) is 0 Å². The second-order valence-corrected chi connectivity index (χ2v) is 6.15. The third-order valence-electron chi connectivity index (χ3n) is 2.92. The molecule has 0 bridgehead atoms. The minimum Gasteiger partial charge on any atom is -0.399 e. The third kappa shape index (κ3) is 3.92. The number of nitrogens with two attached hydrogens (primary N) is 1. The Balaban J connectivity index is 2.96. The van der Waals surface area contributed by atoms with E-state index in [9.17, 15) is 8.42 Å². The molecule has 6 heteroatoms. The second kappa shape index (κ2) is 6.88. The van der Waals surface area contributed by atoms with Gasteiger partial charge in [-0.15, -0.1) is 0 Å². The second-order valence-electron chi connectivity index (χ2n) is 4.21. The molecule has 0 unspecified atom stereocenters. The average molecular weight is 286 g/mol. The van der Waals surface area contributed by atoms with Crippen LogP contribution in [0.4, 0.5) is 5.69 Å². The fourth-order valence-electron chi connectivity index (χ4n) is 1.72. The van der Waals surface area contributed by atoms with Gasteiger partial charge >= 0.3 is 0 Å². The predicted molar refractivity (Wildman–Crippen MR) is 76.5 cm³/mol. The van der Waals surface area contributed by atoms with E-state index in [1.54, 1.807) is 25.1 Å². The maximum Gasteiger partial charge on any atom is 0.243 e. The summed E-state index contributed by atoms with van der Waals surface area (Å²) in [6, 6.07) is 4.77. The van der Waals surface area contributed by atoms with Gasteiger partial charge in [0.05, 0.1) is 11.5 Å². The summed E-state index contributed by atoms with van der Waals surface area (Å²) in [5.41, 5.74) is 7.07. The lowest BCUT2D eigenvalue weighted by Crippen LogP contribution is -2.34. The fourth-order valence-corrected chi connectivity index (χ4v) is 3.24. The number of hydrogen-bond acceptors (Lipinski definition) is 4. The third-order valence-corrected chi connectivity index (χ3v) is 4.89. The summed E-state index contributed by atoms with van der Waals surface area (Å²) in [5, 5.41) is 0. The van der Waals surface area contributed by atoms with Crippen molar-refractivity contribution in [1.82, 2.24) is 4.31 Å². The first-order chi connectivity index (χ1) is 8.93. The van der Waals surface area contributed by atoms with E-state index in [-0.39, 0.29) is 4.90 Å². The monoisotopic (exact) mass is 286 g/mol. The molecule has 1 aromatic carbocycles. The molecule has 0 aromatic heterocycles. The summed E-state index contributed by atoms with van der Waals surface area (Å²) in [4.78, 5) is 0.276. The number of ether oxygens (including phenoxy) is 1. The van der Waals surface area contributed by atoms with Crippen molar-refractivity contribution < 1.29 is 13.2 Å². The maximum atomic E-state index is 12.5. The summed E-state index contributed by atoms with van der Waals surface area (Å²) in [6.45, 7) is 7.25. The molecule has 0 radical (unpaired) electrons. The maximum absolute atomic E-state index is 12.5. The van der Waals surface area contributed by atoms with Gasteiger partial charge < -0.3 is 10.5 Å². The first kappa shape index (κ1) is 15.9. The van der Waals surface area contributed by atoms with Crippen molar-refractivity contribution in [1.29, 1.82) is 0 Å². The first-order valence-electron chi connectivity index (χ1n) is 6.37. The molecule has 0 saturated heterocycles. The average Bonchev–Trinajstić information content (AvgIpc) is 2.37. The van der Waals surface area contributed by atoms with Crippen LogP contribution in [0.2, 0.25) is 0 Å². The molecule has 19 heavy (non-hydrogen) atoms. The number of likely N-dealkylation sites (N-methyl/N-ethyl adjacent to an activating group) is 1. The Bertz CT molecular complexity index is 515. The molecule has 0 amide bonds.